The van der Waals surface area contributed by atoms with Gasteiger partial charge in [0, 0.05) is 29.7 Å². The summed E-state index contributed by atoms with van der Waals surface area (Å²) < 4.78 is 31.7. The van der Waals surface area contributed by atoms with Gasteiger partial charge in [-0.25, -0.2) is 9.59 Å². The van der Waals surface area contributed by atoms with Crippen molar-refractivity contribution in [1.29, 1.82) is 5.41 Å². The van der Waals surface area contributed by atoms with Crippen molar-refractivity contribution in [3.8, 4) is 0 Å². The number of carbonyl (C=O) groups excluding carboxylic acids is 3. The first kappa shape index (κ1) is 39.2. The molecule has 0 unspecified atom stereocenters. The van der Waals surface area contributed by atoms with Crippen LogP contribution in [0.3, 0.4) is 0 Å². The summed E-state index contributed by atoms with van der Waals surface area (Å²) in [5.41, 5.74) is 19.3. The molecule has 0 saturated carbocycles. The molecule has 258 valence electrons. The van der Waals surface area contributed by atoms with Crippen molar-refractivity contribution in [3.05, 3.63) is 105 Å². The van der Waals surface area contributed by atoms with Gasteiger partial charge in [0.05, 0.1) is 5.92 Å². The summed E-state index contributed by atoms with van der Waals surface area (Å²) in [5, 5.41) is 20.8. The molecule has 0 aliphatic carbocycles. The van der Waals surface area contributed by atoms with Gasteiger partial charge < -0.3 is 37.8 Å². The van der Waals surface area contributed by atoms with Gasteiger partial charge in [0.2, 0.25) is 11.8 Å². The standard InChI is InChI=1S/C29H33Cl2N7O3.C2HF3O2/c30-22-11-7-20(8-12-22)25(21-9-13-23(31)14-10-21)27(40)38(24(26(32)39)2-1-15-36-28(33)34)17-19-5-3-18(4-6-19)16-37-29(35)41;3-2(4,5)1(6)7/h3-14,24-25H,1-2,15-17H2,(H2,32,39)(H4,33,34,36)(H3,35,37,41);(H,6,7)/t24-;/m1./s1. The number of nitrogens with two attached hydrogens (primary N) is 3. The van der Waals surface area contributed by atoms with Gasteiger partial charge >= 0.3 is 18.2 Å². The van der Waals surface area contributed by atoms with E-state index in [4.69, 9.17) is 55.7 Å². The second-order valence-electron chi connectivity index (χ2n) is 10.2. The normalized spacial score (nSPS) is 11.5. The Labute approximate surface area is 283 Å². The zero-order valence-corrected chi connectivity index (χ0v) is 26.8. The van der Waals surface area contributed by atoms with E-state index in [0.29, 0.717) is 34.1 Å². The summed E-state index contributed by atoms with van der Waals surface area (Å²) in [6, 6.07) is 19.6. The van der Waals surface area contributed by atoms with Gasteiger partial charge in [-0.3, -0.25) is 15.0 Å². The molecule has 0 bridgehead atoms. The number of alkyl halides is 3. The molecule has 12 nitrogen and oxygen atoms in total. The Morgan fingerprint density at radius 2 is 1.27 bits per heavy atom. The second-order valence-corrected chi connectivity index (χ2v) is 11.1. The number of urea groups is 1. The summed E-state index contributed by atoms with van der Waals surface area (Å²) in [4.78, 5) is 48.7. The molecule has 0 heterocycles. The van der Waals surface area contributed by atoms with Crippen LogP contribution in [0.15, 0.2) is 72.8 Å². The fourth-order valence-corrected chi connectivity index (χ4v) is 4.67. The SMILES string of the molecule is N=C(N)NCCC[C@H](C(N)=O)N(Cc1ccc(CNC(N)=O)cc1)C(=O)C(c1ccc(Cl)cc1)c1ccc(Cl)cc1.O=C(O)C(F)(F)F. The molecular formula is C31H34Cl2F3N7O5. The van der Waals surface area contributed by atoms with E-state index in [-0.39, 0.29) is 31.4 Å². The average Bonchev–Trinajstić information content (AvgIpc) is 3.01. The van der Waals surface area contributed by atoms with Crippen LogP contribution in [0.5, 0.6) is 0 Å². The predicted octanol–water partition coefficient (Wildman–Crippen LogP) is 4.07. The molecule has 0 spiro atoms. The minimum absolute atomic E-state index is 0.0911. The van der Waals surface area contributed by atoms with Crippen LogP contribution in [0.2, 0.25) is 10.0 Å². The smallest absolute Gasteiger partial charge is 0.475 e. The van der Waals surface area contributed by atoms with Crippen LogP contribution in [0, 0.1) is 5.41 Å². The lowest BCUT2D eigenvalue weighted by Crippen LogP contribution is -2.49. The van der Waals surface area contributed by atoms with Crippen molar-refractivity contribution in [2.75, 3.05) is 6.54 Å². The van der Waals surface area contributed by atoms with Crippen molar-refractivity contribution >= 4 is 53.0 Å². The van der Waals surface area contributed by atoms with Gasteiger partial charge in [0.25, 0.3) is 0 Å². The number of hydrogen-bond acceptors (Lipinski definition) is 5. The maximum atomic E-state index is 14.5. The summed E-state index contributed by atoms with van der Waals surface area (Å²) >= 11 is 12.3. The molecule has 3 rings (SSSR count). The van der Waals surface area contributed by atoms with Crippen molar-refractivity contribution < 1.29 is 37.5 Å². The Morgan fingerprint density at radius 3 is 1.67 bits per heavy atom. The lowest BCUT2D eigenvalue weighted by atomic mass is 9.89. The Balaban J connectivity index is 0.00000103. The number of primary amides is 2. The van der Waals surface area contributed by atoms with Crippen LogP contribution in [0.1, 0.15) is 41.0 Å². The molecule has 0 aliphatic heterocycles. The molecule has 0 aromatic heterocycles. The van der Waals surface area contributed by atoms with Crippen molar-refractivity contribution in [2.45, 2.75) is 44.1 Å². The van der Waals surface area contributed by atoms with Crippen LogP contribution in [-0.2, 0) is 27.5 Å². The molecule has 17 heteroatoms. The number of carboxylic acids is 1. The van der Waals surface area contributed by atoms with Crippen molar-refractivity contribution in [2.24, 2.45) is 17.2 Å². The molecular weight excluding hydrogens is 678 g/mol. The number of guanidine groups is 1. The van der Waals surface area contributed by atoms with E-state index >= 15 is 0 Å². The number of carboxylic acid groups (broad SMARTS) is 1. The number of rotatable bonds is 13. The van der Waals surface area contributed by atoms with Crippen LogP contribution in [-0.4, -0.2) is 58.5 Å². The fraction of sp³-hybridized carbons (Fsp3) is 0.258. The van der Waals surface area contributed by atoms with Gasteiger partial charge in [-0.1, -0.05) is 71.7 Å². The monoisotopic (exact) mass is 711 g/mol. The molecule has 0 radical (unpaired) electrons. The van der Waals surface area contributed by atoms with Gasteiger partial charge in [-0.15, -0.1) is 0 Å². The van der Waals surface area contributed by atoms with Crippen LogP contribution in [0.25, 0.3) is 0 Å². The Bertz CT molecular complexity index is 1510. The highest BCUT2D eigenvalue weighted by Gasteiger charge is 2.38. The number of nitrogens with zero attached hydrogens (tertiary/aromatic N) is 1. The Hall–Kier alpha value is -5.02. The fourth-order valence-electron chi connectivity index (χ4n) is 4.41. The first-order valence-corrected chi connectivity index (χ1v) is 14.8. The summed E-state index contributed by atoms with van der Waals surface area (Å²) in [5.74, 6) is -4.72. The van der Waals surface area contributed by atoms with Crippen LogP contribution >= 0.6 is 23.2 Å². The topological polar surface area (TPSA) is 218 Å². The number of amides is 4. The van der Waals surface area contributed by atoms with Crippen LogP contribution in [0.4, 0.5) is 18.0 Å². The minimum atomic E-state index is -5.08. The van der Waals surface area contributed by atoms with Gasteiger partial charge in [0.15, 0.2) is 5.96 Å². The highest BCUT2D eigenvalue weighted by atomic mass is 35.5. The zero-order valence-electron chi connectivity index (χ0n) is 25.3. The quantitative estimate of drug-likeness (QED) is 0.0782. The molecule has 0 saturated heterocycles. The third-order valence-corrected chi connectivity index (χ3v) is 7.20. The van der Waals surface area contributed by atoms with Crippen molar-refractivity contribution in [3.63, 3.8) is 0 Å². The number of benzene rings is 3. The van der Waals surface area contributed by atoms with Crippen molar-refractivity contribution in [1.82, 2.24) is 15.5 Å². The number of nitrogens with one attached hydrogen (secondary N) is 3. The lowest BCUT2D eigenvalue weighted by molar-refractivity contribution is -0.192. The first-order chi connectivity index (χ1) is 22.5. The maximum absolute atomic E-state index is 14.5. The molecule has 10 N–H and O–H groups in total. The Kier molecular flexibility index (Phi) is 15.0. The number of carbonyl (C=O) groups is 4. The van der Waals surface area contributed by atoms with Gasteiger partial charge in [-0.2, -0.15) is 13.2 Å². The highest BCUT2D eigenvalue weighted by Crippen LogP contribution is 2.31. The molecule has 4 amide bonds. The number of aliphatic carboxylic acids is 1. The van der Waals surface area contributed by atoms with E-state index in [2.05, 4.69) is 10.6 Å². The maximum Gasteiger partial charge on any atom is 0.490 e. The number of halogens is 5. The van der Waals surface area contributed by atoms with E-state index in [9.17, 15) is 27.6 Å². The summed E-state index contributed by atoms with van der Waals surface area (Å²) in [7, 11) is 0. The molecule has 1 atom stereocenters. The molecule has 0 aliphatic rings. The third-order valence-electron chi connectivity index (χ3n) is 6.70. The van der Waals surface area contributed by atoms with E-state index in [1.807, 2.05) is 12.1 Å². The van der Waals surface area contributed by atoms with E-state index in [0.717, 1.165) is 11.1 Å². The summed E-state index contributed by atoms with van der Waals surface area (Å²) in [6.45, 7) is 0.675. The molecule has 3 aromatic carbocycles. The largest absolute Gasteiger partial charge is 0.490 e. The minimum Gasteiger partial charge on any atom is -0.475 e. The van der Waals surface area contributed by atoms with E-state index < -0.39 is 36.0 Å². The lowest BCUT2D eigenvalue weighted by Gasteiger charge is -2.33. The van der Waals surface area contributed by atoms with Gasteiger partial charge in [-0.05, 0) is 59.4 Å². The molecule has 48 heavy (non-hydrogen) atoms. The molecule has 0 fully saturated rings. The number of hydrogen-bond donors (Lipinski definition) is 7. The van der Waals surface area contributed by atoms with E-state index in [1.165, 1.54) is 4.90 Å². The first-order valence-electron chi connectivity index (χ1n) is 14.1. The third kappa shape index (κ3) is 13.0. The zero-order chi connectivity index (χ0) is 36.0. The van der Waals surface area contributed by atoms with Crippen LogP contribution < -0.4 is 27.8 Å². The Morgan fingerprint density at radius 1 is 0.812 bits per heavy atom. The van der Waals surface area contributed by atoms with Gasteiger partial charge in [0.1, 0.15) is 6.04 Å². The predicted molar refractivity (Wildman–Crippen MR) is 174 cm³/mol. The average molecular weight is 713 g/mol. The molecule has 3 aromatic rings. The van der Waals surface area contributed by atoms with E-state index in [1.54, 1.807) is 60.7 Å². The second kappa shape index (κ2) is 18.4. The highest BCUT2D eigenvalue weighted by molar-refractivity contribution is 6.30. The summed E-state index contributed by atoms with van der Waals surface area (Å²) in [6.07, 6.45) is -4.41.